The molecular weight excluding hydrogens is 389 g/mol. The highest BCUT2D eigenvalue weighted by Crippen LogP contribution is 2.45. The Kier molecular flexibility index (Phi) is 18.2. The summed E-state index contributed by atoms with van der Waals surface area (Å²) in [7, 11) is 3.67. The largest absolute Gasteiger partial charge is 0.590 e. The van der Waals surface area contributed by atoms with Crippen LogP contribution in [0.3, 0.4) is 0 Å². The van der Waals surface area contributed by atoms with Gasteiger partial charge in [0.1, 0.15) is 0 Å². The first kappa shape index (κ1) is 29.8. The number of quaternary nitrogens is 1. The Bertz CT molecular complexity index is 445. The zero-order valence-electron chi connectivity index (χ0n) is 21.1. The molecule has 30 heavy (non-hydrogen) atoms. The van der Waals surface area contributed by atoms with Gasteiger partial charge in [-0.1, -0.05) is 94.8 Å². The van der Waals surface area contributed by atoms with Gasteiger partial charge in [-0.2, -0.15) is 0 Å². The molecule has 3 nitrogen and oxygen atoms in total. The van der Waals surface area contributed by atoms with Crippen molar-refractivity contribution in [3.05, 3.63) is 12.2 Å². The van der Waals surface area contributed by atoms with Crippen molar-refractivity contribution in [1.29, 1.82) is 0 Å². The second-order valence-electron chi connectivity index (χ2n) is 10.0. The number of rotatable bonds is 21. The maximum absolute atomic E-state index is 12.1. The minimum absolute atomic E-state index is 0.519. The van der Waals surface area contributed by atoms with Crippen LogP contribution in [0.25, 0.3) is 0 Å². The highest BCUT2D eigenvalue weighted by atomic mass is 31.1. The van der Waals surface area contributed by atoms with E-state index < -0.39 is 13.3 Å². The summed E-state index contributed by atoms with van der Waals surface area (Å²) in [6.07, 6.45) is 26.7. The molecule has 0 spiro atoms. The van der Waals surface area contributed by atoms with Crippen molar-refractivity contribution in [2.75, 3.05) is 21.1 Å². The third-order valence-corrected chi connectivity index (χ3v) is 8.30. The molecule has 2 atom stereocenters. The Hall–Kier alpha value is -0.240. The highest BCUT2D eigenvalue weighted by Gasteiger charge is 2.53. The van der Waals surface area contributed by atoms with Gasteiger partial charge in [0.15, 0.2) is 0 Å². The molecule has 0 aliphatic rings. The predicted octanol–water partition coefficient (Wildman–Crippen LogP) is 8.11. The van der Waals surface area contributed by atoms with E-state index in [1.807, 2.05) is 21.1 Å². The molecule has 0 aromatic heterocycles. The van der Waals surface area contributed by atoms with Gasteiger partial charge in [-0.3, -0.25) is 4.48 Å². The van der Waals surface area contributed by atoms with Gasteiger partial charge in [0, 0.05) is 12.8 Å². The van der Waals surface area contributed by atoms with Crippen molar-refractivity contribution in [2.45, 2.75) is 135 Å². The molecule has 0 bridgehead atoms. The molecule has 2 unspecified atom stereocenters. The molecule has 0 aliphatic carbocycles. The van der Waals surface area contributed by atoms with Crippen LogP contribution < -0.4 is 4.89 Å². The Morgan fingerprint density at radius 1 is 0.667 bits per heavy atom. The van der Waals surface area contributed by atoms with Crippen molar-refractivity contribution >= 4 is 8.03 Å². The van der Waals surface area contributed by atoms with Crippen LogP contribution in [0.5, 0.6) is 0 Å². The second-order valence-corrected chi connectivity index (χ2v) is 11.4. The average Bonchev–Trinajstić information content (AvgIpc) is 2.68. The summed E-state index contributed by atoms with van der Waals surface area (Å²) in [4.78, 5) is 12.1. The SMILES string of the molecule is CCCCCCCCCC=CCCCCCCCCC(CCC)([P+](=O)[O-])[N+](C)(C)C. The number of hydrogen-bond donors (Lipinski definition) is 0. The van der Waals surface area contributed by atoms with Gasteiger partial charge < -0.3 is 4.89 Å². The fraction of sp³-hybridized carbons (Fsp3) is 0.923. The minimum atomic E-state index is -2.42. The number of nitrogens with zero attached hydrogens (tertiary/aromatic N) is 1. The molecule has 0 aromatic rings. The monoisotopic (exact) mass is 442 g/mol. The maximum Gasteiger partial charge on any atom is 0.376 e. The Morgan fingerprint density at radius 3 is 1.50 bits per heavy atom. The summed E-state index contributed by atoms with van der Waals surface area (Å²) in [5, 5.41) is -0.593. The normalized spacial score (nSPS) is 14.9. The van der Waals surface area contributed by atoms with Gasteiger partial charge >= 0.3 is 8.03 Å². The van der Waals surface area contributed by atoms with Gasteiger partial charge in [-0.15, -0.1) is 0 Å². The van der Waals surface area contributed by atoms with Crippen LogP contribution in [0.15, 0.2) is 12.2 Å². The zero-order valence-corrected chi connectivity index (χ0v) is 22.0. The van der Waals surface area contributed by atoms with E-state index in [0.717, 1.165) is 32.1 Å². The van der Waals surface area contributed by atoms with Crippen LogP contribution in [0.1, 0.15) is 129 Å². The van der Waals surface area contributed by atoms with Crippen LogP contribution in [0.2, 0.25) is 0 Å². The average molecular weight is 443 g/mol. The lowest BCUT2D eigenvalue weighted by Gasteiger charge is -2.39. The molecule has 0 rings (SSSR count). The molecular formula is C26H53NO2P+. The first-order valence-corrected chi connectivity index (χ1v) is 14.1. The topological polar surface area (TPSA) is 40.1 Å². The van der Waals surface area contributed by atoms with Crippen LogP contribution in [0.4, 0.5) is 0 Å². The van der Waals surface area contributed by atoms with Crippen molar-refractivity contribution in [3.63, 3.8) is 0 Å². The van der Waals surface area contributed by atoms with Gasteiger partial charge in [-0.05, 0) is 38.5 Å². The minimum Gasteiger partial charge on any atom is -0.590 e. The molecule has 0 saturated heterocycles. The van der Waals surface area contributed by atoms with Gasteiger partial charge in [-0.25, -0.2) is 0 Å². The van der Waals surface area contributed by atoms with Crippen LogP contribution >= 0.6 is 8.03 Å². The summed E-state index contributed by atoms with van der Waals surface area (Å²) in [5.41, 5.74) is 0. The molecule has 4 heteroatoms. The Morgan fingerprint density at radius 2 is 1.10 bits per heavy atom. The lowest BCUT2D eigenvalue weighted by atomic mass is 9.99. The molecule has 0 saturated carbocycles. The van der Waals surface area contributed by atoms with Crippen LogP contribution in [-0.2, 0) is 4.57 Å². The van der Waals surface area contributed by atoms with E-state index in [4.69, 9.17) is 0 Å². The van der Waals surface area contributed by atoms with E-state index in [1.165, 1.54) is 83.5 Å². The molecule has 0 N–H and O–H groups in total. The highest BCUT2D eigenvalue weighted by molar-refractivity contribution is 7.38. The Labute approximate surface area is 190 Å². The third kappa shape index (κ3) is 13.2. The second kappa shape index (κ2) is 18.3. The fourth-order valence-electron chi connectivity index (χ4n) is 4.46. The van der Waals surface area contributed by atoms with Crippen molar-refractivity contribution in [3.8, 4) is 0 Å². The Balaban J connectivity index is 3.72. The summed E-state index contributed by atoms with van der Waals surface area (Å²) in [6.45, 7) is 4.36. The maximum atomic E-state index is 12.1. The van der Waals surface area contributed by atoms with Gasteiger partial charge in [0.2, 0.25) is 0 Å². The fourth-order valence-corrected chi connectivity index (χ4v) is 5.69. The van der Waals surface area contributed by atoms with E-state index in [0.29, 0.717) is 4.48 Å². The molecule has 0 amide bonds. The lowest BCUT2D eigenvalue weighted by molar-refractivity contribution is -0.910. The van der Waals surface area contributed by atoms with Crippen molar-refractivity contribution in [1.82, 2.24) is 0 Å². The van der Waals surface area contributed by atoms with Crippen molar-refractivity contribution < 1.29 is 13.9 Å². The van der Waals surface area contributed by atoms with E-state index in [2.05, 4.69) is 26.0 Å². The third-order valence-electron chi connectivity index (χ3n) is 6.58. The summed E-state index contributed by atoms with van der Waals surface area (Å²) in [5.74, 6) is 0. The summed E-state index contributed by atoms with van der Waals surface area (Å²) in [6, 6.07) is 0. The molecule has 178 valence electrons. The number of allylic oxidation sites excluding steroid dienone is 2. The number of hydrogen-bond acceptors (Lipinski definition) is 2. The first-order valence-electron chi connectivity index (χ1n) is 12.9. The lowest BCUT2D eigenvalue weighted by Crippen LogP contribution is -2.55. The first-order chi connectivity index (χ1) is 14.3. The van der Waals surface area contributed by atoms with E-state index in [1.54, 1.807) is 0 Å². The predicted molar refractivity (Wildman–Crippen MR) is 132 cm³/mol. The molecule has 0 heterocycles. The smallest absolute Gasteiger partial charge is 0.376 e. The van der Waals surface area contributed by atoms with E-state index in [9.17, 15) is 9.46 Å². The van der Waals surface area contributed by atoms with Crippen molar-refractivity contribution in [2.24, 2.45) is 0 Å². The van der Waals surface area contributed by atoms with Gasteiger partial charge in [0.25, 0.3) is 5.28 Å². The molecule has 0 fully saturated rings. The molecule has 0 aliphatic heterocycles. The van der Waals surface area contributed by atoms with Gasteiger partial charge in [0.05, 0.1) is 21.1 Å². The molecule has 0 radical (unpaired) electrons. The zero-order chi connectivity index (χ0) is 22.7. The quantitative estimate of drug-likeness (QED) is 0.0779. The summed E-state index contributed by atoms with van der Waals surface area (Å²) < 4.78 is 12.6. The van der Waals surface area contributed by atoms with Crippen LogP contribution in [0, 0.1) is 0 Å². The molecule has 0 aromatic carbocycles. The van der Waals surface area contributed by atoms with E-state index in [-0.39, 0.29) is 0 Å². The van der Waals surface area contributed by atoms with E-state index >= 15 is 0 Å². The standard InChI is InChI=1S/C26H53NO2P/c1-6-8-9-10-11-12-13-14-15-16-17-18-19-20-21-22-23-25-26(24-7-2,30(28)29)27(3,4)5/h15-16H,6-14,17-25H2,1-5H3/q+1. The number of unbranched alkanes of at least 4 members (excludes halogenated alkanes) is 13. The summed E-state index contributed by atoms with van der Waals surface area (Å²) >= 11 is 0. The van der Waals surface area contributed by atoms with Crippen LogP contribution in [-0.4, -0.2) is 30.9 Å².